The molecule has 2 aliphatic rings. The smallest absolute Gasteiger partial charge is 0.223 e. The molecule has 0 saturated heterocycles. The molecule has 2 atom stereocenters. The third-order valence-electron chi connectivity index (χ3n) is 4.47. The van der Waals surface area contributed by atoms with Gasteiger partial charge in [-0.1, -0.05) is 26.8 Å². The van der Waals surface area contributed by atoms with E-state index in [-0.39, 0.29) is 17.2 Å². The minimum atomic E-state index is -0.135. The molecule has 1 N–H and O–H groups in total. The Bertz CT molecular complexity index is 553. The van der Waals surface area contributed by atoms with Crippen molar-refractivity contribution in [3.63, 3.8) is 0 Å². The van der Waals surface area contributed by atoms with E-state index in [1.54, 1.807) is 0 Å². The van der Waals surface area contributed by atoms with Crippen molar-refractivity contribution < 1.29 is 14.3 Å². The lowest BCUT2D eigenvalue weighted by Crippen LogP contribution is -2.37. The van der Waals surface area contributed by atoms with Crippen molar-refractivity contribution in [1.29, 1.82) is 0 Å². The highest BCUT2D eigenvalue weighted by atomic mass is 16.6. The largest absolute Gasteiger partial charge is 0.486 e. The van der Waals surface area contributed by atoms with Crippen molar-refractivity contribution in [2.24, 2.45) is 11.8 Å². The average molecular weight is 289 g/mol. The van der Waals surface area contributed by atoms with Gasteiger partial charge in [0.2, 0.25) is 5.91 Å². The highest BCUT2D eigenvalue weighted by Gasteiger charge is 2.39. The van der Waals surface area contributed by atoms with Crippen LogP contribution in [-0.2, 0) is 10.2 Å². The minimum absolute atomic E-state index is 0.135. The summed E-state index contributed by atoms with van der Waals surface area (Å²) >= 11 is 0. The van der Waals surface area contributed by atoms with Crippen molar-refractivity contribution in [3.05, 3.63) is 23.8 Å². The third-order valence-corrected chi connectivity index (χ3v) is 4.47. The number of ether oxygens (including phenoxy) is 2. The molecule has 0 aromatic heterocycles. The van der Waals surface area contributed by atoms with Crippen molar-refractivity contribution in [2.75, 3.05) is 19.8 Å². The second-order valence-corrected chi connectivity index (χ2v) is 6.78. The molecule has 1 aliphatic heterocycles. The number of carbonyl (C=O) groups excluding carboxylic acids is 1. The lowest BCUT2D eigenvalue weighted by molar-refractivity contribution is -0.122. The molecule has 3 rings (SSSR count). The summed E-state index contributed by atoms with van der Waals surface area (Å²) in [6, 6.07) is 6.04. The molecular formula is C17H23NO3. The number of nitrogens with one attached hydrogen (secondary N) is 1. The van der Waals surface area contributed by atoms with E-state index >= 15 is 0 Å². The lowest BCUT2D eigenvalue weighted by atomic mass is 9.84. The molecule has 0 spiro atoms. The van der Waals surface area contributed by atoms with Crippen molar-refractivity contribution in [2.45, 2.75) is 32.6 Å². The molecule has 1 fully saturated rings. The number of hydrogen-bond acceptors (Lipinski definition) is 3. The number of hydrogen-bond donors (Lipinski definition) is 1. The fourth-order valence-corrected chi connectivity index (χ4v) is 2.69. The highest BCUT2D eigenvalue weighted by Crippen LogP contribution is 2.38. The van der Waals surface area contributed by atoms with Crippen LogP contribution in [-0.4, -0.2) is 25.7 Å². The van der Waals surface area contributed by atoms with Gasteiger partial charge in [0, 0.05) is 17.9 Å². The molecule has 1 amide bonds. The van der Waals surface area contributed by atoms with Gasteiger partial charge in [0.05, 0.1) is 0 Å². The van der Waals surface area contributed by atoms with E-state index in [9.17, 15) is 4.79 Å². The van der Waals surface area contributed by atoms with Crippen LogP contribution in [0.25, 0.3) is 0 Å². The van der Waals surface area contributed by atoms with Crippen molar-refractivity contribution in [3.8, 4) is 11.5 Å². The van der Waals surface area contributed by atoms with Gasteiger partial charge in [-0.15, -0.1) is 0 Å². The van der Waals surface area contributed by atoms with E-state index < -0.39 is 0 Å². The Morgan fingerprint density at radius 3 is 2.62 bits per heavy atom. The first-order valence-electron chi connectivity index (χ1n) is 7.65. The molecular weight excluding hydrogens is 266 g/mol. The van der Waals surface area contributed by atoms with Crippen LogP contribution in [0.4, 0.5) is 0 Å². The van der Waals surface area contributed by atoms with E-state index in [0.29, 0.717) is 25.7 Å². The number of benzene rings is 1. The van der Waals surface area contributed by atoms with Crippen LogP contribution in [0.1, 0.15) is 32.8 Å². The Morgan fingerprint density at radius 1 is 1.29 bits per heavy atom. The fourth-order valence-electron chi connectivity index (χ4n) is 2.69. The zero-order valence-corrected chi connectivity index (χ0v) is 12.9. The summed E-state index contributed by atoms with van der Waals surface area (Å²) in [4.78, 5) is 12.0. The summed E-state index contributed by atoms with van der Waals surface area (Å²) in [7, 11) is 0. The zero-order chi connectivity index (χ0) is 15.0. The number of rotatable bonds is 4. The SMILES string of the molecule is C[C@H]1C[C@@H]1C(=O)NCC(C)(C)c1ccc2c(c1)OCCO2. The van der Waals surface area contributed by atoms with Gasteiger partial charge in [-0.25, -0.2) is 0 Å². The molecule has 4 nitrogen and oxygen atoms in total. The van der Waals surface area contributed by atoms with Crippen LogP contribution >= 0.6 is 0 Å². The lowest BCUT2D eigenvalue weighted by Gasteiger charge is -2.28. The molecule has 1 heterocycles. The van der Waals surface area contributed by atoms with E-state index in [0.717, 1.165) is 23.5 Å². The quantitative estimate of drug-likeness (QED) is 0.926. The van der Waals surface area contributed by atoms with Crippen LogP contribution in [0, 0.1) is 11.8 Å². The first-order chi connectivity index (χ1) is 9.97. The first kappa shape index (κ1) is 14.2. The van der Waals surface area contributed by atoms with Crippen LogP contribution < -0.4 is 14.8 Å². The number of amides is 1. The van der Waals surface area contributed by atoms with Crippen molar-refractivity contribution >= 4 is 5.91 Å². The Morgan fingerprint density at radius 2 is 1.95 bits per heavy atom. The first-order valence-corrected chi connectivity index (χ1v) is 7.65. The summed E-state index contributed by atoms with van der Waals surface area (Å²) in [6.45, 7) is 8.22. The summed E-state index contributed by atoms with van der Waals surface area (Å²) < 4.78 is 11.2. The van der Waals surface area contributed by atoms with Crippen LogP contribution in [0.15, 0.2) is 18.2 Å². The maximum Gasteiger partial charge on any atom is 0.223 e. The van der Waals surface area contributed by atoms with E-state index in [2.05, 4.69) is 32.2 Å². The second-order valence-electron chi connectivity index (χ2n) is 6.78. The second kappa shape index (κ2) is 5.24. The molecule has 1 aromatic rings. The molecule has 1 saturated carbocycles. The maximum absolute atomic E-state index is 12.0. The Hall–Kier alpha value is -1.71. The summed E-state index contributed by atoms with van der Waals surface area (Å²) in [5.74, 6) is 2.56. The zero-order valence-electron chi connectivity index (χ0n) is 12.9. The average Bonchev–Trinajstić information content (AvgIpc) is 3.21. The van der Waals surface area contributed by atoms with Gasteiger partial charge in [-0.3, -0.25) is 4.79 Å². The van der Waals surface area contributed by atoms with Gasteiger partial charge in [0.1, 0.15) is 13.2 Å². The van der Waals surface area contributed by atoms with Gasteiger partial charge in [-0.2, -0.15) is 0 Å². The Labute approximate surface area is 125 Å². The van der Waals surface area contributed by atoms with E-state index in [1.807, 2.05) is 12.1 Å². The van der Waals surface area contributed by atoms with Crippen LogP contribution in [0.3, 0.4) is 0 Å². The molecule has 1 aliphatic carbocycles. The third kappa shape index (κ3) is 2.99. The van der Waals surface area contributed by atoms with Gasteiger partial charge in [0.15, 0.2) is 11.5 Å². The molecule has 0 bridgehead atoms. The van der Waals surface area contributed by atoms with E-state index in [1.165, 1.54) is 0 Å². The minimum Gasteiger partial charge on any atom is -0.486 e. The Balaban J connectivity index is 1.67. The predicted molar refractivity (Wildman–Crippen MR) is 80.7 cm³/mol. The Kier molecular flexibility index (Phi) is 3.56. The standard InChI is InChI=1S/C17H23NO3/c1-11-8-13(11)16(19)18-10-17(2,3)12-4-5-14-15(9-12)21-7-6-20-14/h4-5,9,11,13H,6-8,10H2,1-3H3,(H,18,19)/t11-,13-/m0/s1. The fraction of sp³-hybridized carbons (Fsp3) is 0.588. The molecule has 21 heavy (non-hydrogen) atoms. The molecule has 0 unspecified atom stereocenters. The van der Waals surface area contributed by atoms with Gasteiger partial charge in [-0.05, 0) is 30.0 Å². The topological polar surface area (TPSA) is 47.6 Å². The maximum atomic E-state index is 12.0. The molecule has 0 radical (unpaired) electrons. The van der Waals surface area contributed by atoms with Gasteiger partial charge < -0.3 is 14.8 Å². The van der Waals surface area contributed by atoms with Crippen LogP contribution in [0.5, 0.6) is 11.5 Å². The van der Waals surface area contributed by atoms with Crippen molar-refractivity contribution in [1.82, 2.24) is 5.32 Å². The predicted octanol–water partition coefficient (Wildman–Crippen LogP) is 2.51. The monoisotopic (exact) mass is 289 g/mol. The molecule has 1 aromatic carbocycles. The summed E-state index contributed by atoms with van der Waals surface area (Å²) in [5.41, 5.74) is 1.01. The number of carbonyl (C=O) groups is 1. The molecule has 4 heteroatoms. The van der Waals surface area contributed by atoms with Gasteiger partial charge in [0.25, 0.3) is 0 Å². The van der Waals surface area contributed by atoms with Crippen LogP contribution in [0.2, 0.25) is 0 Å². The number of fused-ring (bicyclic) bond motifs is 1. The van der Waals surface area contributed by atoms with E-state index in [4.69, 9.17) is 9.47 Å². The summed E-state index contributed by atoms with van der Waals surface area (Å²) in [6.07, 6.45) is 1.02. The highest BCUT2D eigenvalue weighted by molar-refractivity contribution is 5.81. The van der Waals surface area contributed by atoms with Gasteiger partial charge >= 0.3 is 0 Å². The normalized spacial score (nSPS) is 23.6. The molecule has 114 valence electrons. The summed E-state index contributed by atoms with van der Waals surface area (Å²) in [5, 5.41) is 3.08.